The summed E-state index contributed by atoms with van der Waals surface area (Å²) in [6.45, 7) is 0.391. The minimum Gasteiger partial charge on any atom is -0.493 e. The van der Waals surface area contributed by atoms with Crippen LogP contribution in [-0.4, -0.2) is 24.4 Å². The van der Waals surface area contributed by atoms with Gasteiger partial charge in [0.15, 0.2) is 0 Å². The minimum atomic E-state index is -4.49. The third-order valence-electron chi connectivity index (χ3n) is 5.59. The van der Waals surface area contributed by atoms with Crippen molar-refractivity contribution >= 4 is 23.3 Å². The highest BCUT2D eigenvalue weighted by molar-refractivity contribution is 8.00. The molecule has 1 unspecified atom stereocenters. The molecule has 2 aromatic carbocycles. The number of nitrogens with zero attached hydrogens (tertiary/aromatic N) is 2. The lowest BCUT2D eigenvalue weighted by Gasteiger charge is -2.28. The van der Waals surface area contributed by atoms with Crippen LogP contribution in [0.25, 0.3) is 0 Å². The number of benzene rings is 2. The maximum Gasteiger partial charge on any atom is 0.416 e. The topological polar surface area (TPSA) is 72.5 Å². The quantitative estimate of drug-likeness (QED) is 0.183. The number of nitrogens with two attached hydrogens (primary N) is 1. The van der Waals surface area contributed by atoms with Crippen LogP contribution in [0.15, 0.2) is 76.9 Å². The number of hydrogen-bond acceptors (Lipinski definition) is 6. The number of anilines is 1. The predicted molar refractivity (Wildman–Crippen MR) is 129 cm³/mol. The molecule has 10 heteroatoms. The molecule has 1 aliphatic heterocycles. The number of fused-ring (bicyclic) bond motifs is 1. The summed E-state index contributed by atoms with van der Waals surface area (Å²) in [6.07, 6.45) is 0.207. The molecular weight excluding hydrogens is 480 g/mol. The summed E-state index contributed by atoms with van der Waals surface area (Å²) in [5, 5.41) is 0. The largest absolute Gasteiger partial charge is 0.493 e. The number of pyridine rings is 1. The second kappa shape index (κ2) is 10.4. The van der Waals surface area contributed by atoms with Crippen LogP contribution in [0.1, 0.15) is 34.6 Å². The molecule has 0 radical (unpaired) electrons. The first-order valence-electron chi connectivity index (χ1n) is 10.7. The fourth-order valence-corrected chi connectivity index (χ4v) is 4.65. The number of halogens is 4. The molecule has 0 fully saturated rings. The molecule has 0 bridgehead atoms. The summed E-state index contributed by atoms with van der Waals surface area (Å²) in [5.41, 5.74) is 7.31. The van der Waals surface area contributed by atoms with Gasteiger partial charge in [0.1, 0.15) is 11.4 Å². The molecule has 1 aliphatic rings. The van der Waals surface area contributed by atoms with Crippen molar-refractivity contribution in [1.29, 1.82) is 0 Å². The molecule has 0 spiro atoms. The Hall–Kier alpha value is -3.53. The number of rotatable bonds is 6. The molecule has 0 aliphatic carbocycles. The molecule has 5 nitrogen and oxygen atoms in total. The van der Waals surface area contributed by atoms with E-state index in [0.29, 0.717) is 35.6 Å². The first-order chi connectivity index (χ1) is 16.8. The van der Waals surface area contributed by atoms with Gasteiger partial charge in [0.25, 0.3) is 0 Å². The van der Waals surface area contributed by atoms with E-state index in [1.807, 2.05) is 18.2 Å². The van der Waals surface area contributed by atoms with E-state index in [1.165, 1.54) is 43.5 Å². The number of ether oxygens (including phenoxy) is 1. The van der Waals surface area contributed by atoms with Crippen molar-refractivity contribution in [2.75, 3.05) is 18.4 Å². The fourth-order valence-electron chi connectivity index (χ4n) is 3.97. The zero-order valence-electron chi connectivity index (χ0n) is 18.6. The fraction of sp³-hybridized carbons (Fsp3) is 0.200. The summed E-state index contributed by atoms with van der Waals surface area (Å²) in [5.74, 6) is -0.194. The summed E-state index contributed by atoms with van der Waals surface area (Å²) in [7, 11) is 1.51. The molecule has 1 aromatic heterocycles. The number of nitrogens with one attached hydrogen (secondary N) is 1. The Morgan fingerprint density at radius 3 is 2.71 bits per heavy atom. The number of aliphatic imine (C=N–C) groups is 1. The Morgan fingerprint density at radius 2 is 2.00 bits per heavy atom. The van der Waals surface area contributed by atoms with Gasteiger partial charge in [-0.2, -0.15) is 17.6 Å². The molecule has 0 saturated carbocycles. The average molecular weight is 503 g/mol. The predicted octanol–water partition coefficient (Wildman–Crippen LogP) is 6.16. The summed E-state index contributed by atoms with van der Waals surface area (Å²) < 4.78 is 63.0. The molecule has 3 N–H and O–H groups in total. The van der Waals surface area contributed by atoms with Gasteiger partial charge in [-0.25, -0.2) is 4.98 Å². The van der Waals surface area contributed by atoms with E-state index in [9.17, 15) is 17.6 Å². The molecule has 0 saturated heterocycles. The number of allylic oxidation sites excluding steroid dienone is 1. The molecule has 1 atom stereocenters. The van der Waals surface area contributed by atoms with Crippen LogP contribution in [-0.2, 0) is 6.18 Å². The van der Waals surface area contributed by atoms with Gasteiger partial charge in [-0.05, 0) is 72.6 Å². The first-order valence-corrected chi connectivity index (χ1v) is 11.5. The van der Waals surface area contributed by atoms with Crippen LogP contribution in [0.3, 0.4) is 0 Å². The molecule has 0 amide bonds. The highest BCUT2D eigenvalue weighted by Crippen LogP contribution is 2.42. The van der Waals surface area contributed by atoms with Crippen LogP contribution in [0.2, 0.25) is 0 Å². The highest BCUT2D eigenvalue weighted by atomic mass is 32.2. The zero-order chi connectivity index (χ0) is 25.0. The Morgan fingerprint density at radius 1 is 1.20 bits per heavy atom. The van der Waals surface area contributed by atoms with Crippen molar-refractivity contribution in [3.8, 4) is 5.75 Å². The van der Waals surface area contributed by atoms with Crippen molar-refractivity contribution in [1.82, 2.24) is 4.98 Å². The molecule has 182 valence electrons. The SMILES string of the molecule is CN=C(C=CN)c1cc(C(F)(F)F)ccc1C1CCOc2cc(SNc3cccnc3F)ccc21. The number of hydrogen-bond donors (Lipinski definition) is 2. The van der Waals surface area contributed by atoms with E-state index in [0.717, 1.165) is 22.6 Å². The van der Waals surface area contributed by atoms with Gasteiger partial charge >= 0.3 is 6.18 Å². The second-order valence-electron chi connectivity index (χ2n) is 7.70. The standard InChI is InChI=1S/C25H22F4N4OS/c1-31-21(8-10-30)20-13-15(25(27,28)29)4-6-17(20)18-9-12-34-23-14-16(5-7-19(18)23)35-33-22-3-2-11-32-24(22)26/h2-8,10-11,13-14,18,33H,9,12,30H2,1H3. The van der Waals surface area contributed by atoms with Crippen LogP contribution < -0.4 is 15.2 Å². The van der Waals surface area contributed by atoms with E-state index >= 15 is 0 Å². The van der Waals surface area contributed by atoms with Crippen LogP contribution >= 0.6 is 11.9 Å². The number of alkyl halides is 3. The van der Waals surface area contributed by atoms with Crippen molar-refractivity contribution in [2.45, 2.75) is 23.4 Å². The lowest BCUT2D eigenvalue weighted by atomic mass is 9.82. The van der Waals surface area contributed by atoms with Gasteiger partial charge in [-0.1, -0.05) is 12.1 Å². The lowest BCUT2D eigenvalue weighted by molar-refractivity contribution is -0.137. The molecule has 2 heterocycles. The smallest absolute Gasteiger partial charge is 0.416 e. The monoisotopic (exact) mass is 502 g/mol. The maximum atomic E-state index is 13.8. The average Bonchev–Trinajstić information content (AvgIpc) is 2.85. The van der Waals surface area contributed by atoms with Crippen molar-refractivity contribution in [3.63, 3.8) is 0 Å². The normalized spacial score (nSPS) is 16.1. The third kappa shape index (κ3) is 5.43. The Labute approximate surface area is 204 Å². The van der Waals surface area contributed by atoms with E-state index in [2.05, 4.69) is 14.7 Å². The van der Waals surface area contributed by atoms with Gasteiger partial charge in [-0.15, -0.1) is 0 Å². The molecular formula is C25H22F4N4OS. The Kier molecular flexibility index (Phi) is 7.30. The van der Waals surface area contributed by atoms with Crippen molar-refractivity contribution < 1.29 is 22.3 Å². The zero-order valence-corrected chi connectivity index (χ0v) is 19.5. The van der Waals surface area contributed by atoms with Crippen LogP contribution in [0.4, 0.5) is 23.2 Å². The maximum absolute atomic E-state index is 13.8. The molecule has 3 aromatic rings. The van der Waals surface area contributed by atoms with Gasteiger partial charge in [0.2, 0.25) is 5.95 Å². The lowest BCUT2D eigenvalue weighted by Crippen LogP contribution is -2.19. The Balaban J connectivity index is 1.69. The second-order valence-corrected chi connectivity index (χ2v) is 8.58. The van der Waals surface area contributed by atoms with E-state index in [-0.39, 0.29) is 11.6 Å². The van der Waals surface area contributed by atoms with Gasteiger partial charge in [0, 0.05) is 35.2 Å². The Bertz CT molecular complexity index is 1280. The van der Waals surface area contributed by atoms with Crippen LogP contribution in [0.5, 0.6) is 5.75 Å². The van der Waals surface area contributed by atoms with Gasteiger partial charge in [0.05, 0.1) is 17.9 Å². The van der Waals surface area contributed by atoms with E-state index in [1.54, 1.807) is 12.1 Å². The number of aromatic nitrogens is 1. The van der Waals surface area contributed by atoms with Crippen molar-refractivity contribution in [2.24, 2.45) is 10.7 Å². The summed E-state index contributed by atoms with van der Waals surface area (Å²) in [4.78, 5) is 8.55. The van der Waals surface area contributed by atoms with E-state index in [4.69, 9.17) is 10.5 Å². The van der Waals surface area contributed by atoms with Crippen LogP contribution in [0, 0.1) is 5.95 Å². The van der Waals surface area contributed by atoms with Crippen molar-refractivity contribution in [3.05, 3.63) is 95.2 Å². The molecule has 4 rings (SSSR count). The third-order valence-corrected chi connectivity index (χ3v) is 6.40. The summed E-state index contributed by atoms with van der Waals surface area (Å²) >= 11 is 1.20. The minimum absolute atomic E-state index is 0.207. The molecule has 35 heavy (non-hydrogen) atoms. The van der Waals surface area contributed by atoms with E-state index < -0.39 is 17.7 Å². The summed E-state index contributed by atoms with van der Waals surface area (Å²) in [6, 6.07) is 12.5. The highest BCUT2D eigenvalue weighted by Gasteiger charge is 2.33. The van der Waals surface area contributed by atoms with Gasteiger partial charge in [-0.3, -0.25) is 4.99 Å². The van der Waals surface area contributed by atoms with Gasteiger partial charge < -0.3 is 15.2 Å². The first kappa shape index (κ1) is 24.6.